The van der Waals surface area contributed by atoms with Gasteiger partial charge in [-0.1, -0.05) is 6.07 Å². The van der Waals surface area contributed by atoms with Gasteiger partial charge in [-0.25, -0.2) is 4.98 Å². The third-order valence-corrected chi connectivity index (χ3v) is 2.58. The molecule has 0 atom stereocenters. The summed E-state index contributed by atoms with van der Waals surface area (Å²) >= 11 is 0. The van der Waals surface area contributed by atoms with Crippen LogP contribution in [0.4, 0.5) is 5.82 Å². The first kappa shape index (κ1) is 12.1. The lowest BCUT2D eigenvalue weighted by atomic mass is 10.3. The largest absolute Gasteiger partial charge is 0.382 e. The molecule has 0 fully saturated rings. The van der Waals surface area contributed by atoms with Crippen LogP contribution in [0.3, 0.4) is 0 Å². The molecule has 0 aliphatic heterocycles. The van der Waals surface area contributed by atoms with Crippen molar-refractivity contribution in [3.05, 3.63) is 41.9 Å². The van der Waals surface area contributed by atoms with Gasteiger partial charge in [0.1, 0.15) is 17.3 Å². The van der Waals surface area contributed by atoms with Gasteiger partial charge in [-0.3, -0.25) is 10.1 Å². The van der Waals surface area contributed by atoms with Gasteiger partial charge in [-0.05, 0) is 12.1 Å². The summed E-state index contributed by atoms with van der Waals surface area (Å²) in [4.78, 5) is 6.31. The number of amidine groups is 1. The second-order valence-electron chi connectivity index (χ2n) is 4.17. The Labute approximate surface area is 106 Å². The molecule has 6 heteroatoms. The highest BCUT2D eigenvalue weighted by Gasteiger charge is 2.07. The van der Waals surface area contributed by atoms with Gasteiger partial charge < -0.3 is 10.6 Å². The van der Waals surface area contributed by atoms with Crippen LogP contribution in [-0.4, -0.2) is 27.6 Å². The Hall–Kier alpha value is -2.37. The van der Waals surface area contributed by atoms with E-state index in [-0.39, 0.29) is 5.84 Å². The van der Waals surface area contributed by atoms with E-state index in [1.807, 2.05) is 43.5 Å². The molecular formula is C12H16N6. The maximum absolute atomic E-state index is 7.38. The summed E-state index contributed by atoms with van der Waals surface area (Å²) in [5.74, 6) is 0.762. The van der Waals surface area contributed by atoms with E-state index >= 15 is 0 Å². The molecule has 3 N–H and O–H groups in total. The molecule has 0 aromatic carbocycles. The second kappa shape index (κ2) is 4.87. The number of pyridine rings is 1. The fraction of sp³-hybridized carbons (Fsp3) is 0.250. The fourth-order valence-corrected chi connectivity index (χ4v) is 1.69. The van der Waals surface area contributed by atoms with Crippen LogP contribution >= 0.6 is 0 Å². The van der Waals surface area contributed by atoms with Gasteiger partial charge in [0.2, 0.25) is 0 Å². The van der Waals surface area contributed by atoms with Crippen molar-refractivity contribution in [3.63, 3.8) is 0 Å². The molecule has 0 amide bonds. The lowest BCUT2D eigenvalue weighted by Crippen LogP contribution is -2.20. The van der Waals surface area contributed by atoms with E-state index in [1.54, 1.807) is 10.7 Å². The predicted octanol–water partition coefficient (Wildman–Crippen LogP) is 0.736. The third-order valence-electron chi connectivity index (χ3n) is 2.58. The number of rotatable bonds is 4. The normalized spacial score (nSPS) is 10.3. The van der Waals surface area contributed by atoms with Crippen LogP contribution in [0, 0.1) is 5.41 Å². The first-order valence-electron chi connectivity index (χ1n) is 5.56. The number of nitrogen functional groups attached to an aromatic ring is 1. The summed E-state index contributed by atoms with van der Waals surface area (Å²) in [5.41, 5.74) is 7.03. The minimum atomic E-state index is -0.0216. The SMILES string of the molecule is CN(Cc1cnn(C)c1)c1cccc(C(=N)N)n1. The number of hydrogen-bond acceptors (Lipinski definition) is 4. The molecule has 2 aromatic heterocycles. The molecule has 0 aliphatic carbocycles. The minimum Gasteiger partial charge on any atom is -0.382 e. The van der Waals surface area contributed by atoms with Gasteiger partial charge in [0.15, 0.2) is 0 Å². The summed E-state index contributed by atoms with van der Waals surface area (Å²) in [6.45, 7) is 0.711. The van der Waals surface area contributed by atoms with Crippen LogP contribution in [0.2, 0.25) is 0 Å². The Morgan fingerprint density at radius 2 is 2.28 bits per heavy atom. The molecule has 0 aliphatic rings. The molecule has 94 valence electrons. The average Bonchev–Trinajstić information content (AvgIpc) is 2.75. The predicted molar refractivity (Wildman–Crippen MR) is 70.6 cm³/mol. The zero-order valence-electron chi connectivity index (χ0n) is 10.5. The molecule has 18 heavy (non-hydrogen) atoms. The van der Waals surface area contributed by atoms with Crippen molar-refractivity contribution in [2.24, 2.45) is 12.8 Å². The van der Waals surface area contributed by atoms with Crippen molar-refractivity contribution in [1.29, 1.82) is 5.41 Å². The first-order valence-corrected chi connectivity index (χ1v) is 5.56. The van der Waals surface area contributed by atoms with Gasteiger partial charge in [-0.2, -0.15) is 5.10 Å². The molecule has 0 saturated carbocycles. The van der Waals surface area contributed by atoms with Crippen molar-refractivity contribution in [2.45, 2.75) is 6.54 Å². The van der Waals surface area contributed by atoms with E-state index in [4.69, 9.17) is 11.1 Å². The molecule has 6 nitrogen and oxygen atoms in total. The van der Waals surface area contributed by atoms with Crippen molar-refractivity contribution >= 4 is 11.7 Å². The summed E-state index contributed by atoms with van der Waals surface area (Å²) in [7, 11) is 3.83. The zero-order chi connectivity index (χ0) is 13.1. The van der Waals surface area contributed by atoms with Crippen LogP contribution in [0.5, 0.6) is 0 Å². The summed E-state index contributed by atoms with van der Waals surface area (Å²) in [6.07, 6.45) is 3.79. The summed E-state index contributed by atoms with van der Waals surface area (Å²) in [5, 5.41) is 11.5. The smallest absolute Gasteiger partial charge is 0.141 e. The Kier molecular flexibility index (Phi) is 3.27. The maximum atomic E-state index is 7.38. The van der Waals surface area contributed by atoms with Gasteiger partial charge >= 0.3 is 0 Å². The van der Waals surface area contributed by atoms with Crippen LogP contribution in [0.25, 0.3) is 0 Å². The number of nitrogens with one attached hydrogen (secondary N) is 1. The Morgan fingerprint density at radius 1 is 1.50 bits per heavy atom. The lowest BCUT2D eigenvalue weighted by molar-refractivity contribution is 0.766. The fourth-order valence-electron chi connectivity index (χ4n) is 1.69. The molecule has 0 bridgehead atoms. The topological polar surface area (TPSA) is 83.8 Å². The highest BCUT2D eigenvalue weighted by atomic mass is 15.2. The molecular weight excluding hydrogens is 228 g/mol. The molecule has 0 spiro atoms. The number of nitrogens with zero attached hydrogens (tertiary/aromatic N) is 4. The van der Waals surface area contributed by atoms with E-state index in [1.165, 1.54) is 0 Å². The van der Waals surface area contributed by atoms with E-state index in [2.05, 4.69) is 10.1 Å². The standard InChI is InChI=1S/C12H16N6/c1-17(7-9-6-15-18(2)8-9)11-5-3-4-10(16-11)12(13)14/h3-6,8H,7H2,1-2H3,(H3,13,14). The number of nitrogens with two attached hydrogens (primary N) is 1. The maximum Gasteiger partial charge on any atom is 0.141 e. The minimum absolute atomic E-state index is 0.0216. The molecule has 0 radical (unpaired) electrons. The highest BCUT2D eigenvalue weighted by Crippen LogP contribution is 2.12. The van der Waals surface area contributed by atoms with Gasteiger partial charge in [-0.15, -0.1) is 0 Å². The quantitative estimate of drug-likeness (QED) is 0.613. The van der Waals surface area contributed by atoms with Crippen LogP contribution in [-0.2, 0) is 13.6 Å². The number of hydrogen-bond donors (Lipinski definition) is 2. The molecule has 0 saturated heterocycles. The van der Waals surface area contributed by atoms with Crippen LogP contribution in [0.1, 0.15) is 11.3 Å². The van der Waals surface area contributed by atoms with E-state index < -0.39 is 0 Å². The summed E-state index contributed by atoms with van der Waals surface area (Å²) < 4.78 is 1.77. The van der Waals surface area contributed by atoms with Gasteiger partial charge in [0.25, 0.3) is 0 Å². The lowest BCUT2D eigenvalue weighted by Gasteiger charge is -2.17. The van der Waals surface area contributed by atoms with Gasteiger partial charge in [0.05, 0.1) is 6.20 Å². The van der Waals surface area contributed by atoms with Crippen LogP contribution < -0.4 is 10.6 Å². The van der Waals surface area contributed by atoms with Crippen molar-refractivity contribution in [1.82, 2.24) is 14.8 Å². The second-order valence-corrected chi connectivity index (χ2v) is 4.17. The van der Waals surface area contributed by atoms with E-state index in [0.29, 0.717) is 12.2 Å². The highest BCUT2D eigenvalue weighted by molar-refractivity contribution is 5.93. The van der Waals surface area contributed by atoms with E-state index in [0.717, 1.165) is 11.4 Å². The Bertz CT molecular complexity index is 559. The molecule has 2 aromatic rings. The number of aryl methyl sites for hydroxylation is 1. The Morgan fingerprint density at radius 3 is 2.89 bits per heavy atom. The van der Waals surface area contributed by atoms with Crippen molar-refractivity contribution in [3.8, 4) is 0 Å². The van der Waals surface area contributed by atoms with Crippen molar-refractivity contribution < 1.29 is 0 Å². The van der Waals surface area contributed by atoms with Gasteiger partial charge in [0, 0.05) is 32.4 Å². The Balaban J connectivity index is 2.15. The van der Waals surface area contributed by atoms with Crippen molar-refractivity contribution in [2.75, 3.05) is 11.9 Å². The summed E-state index contributed by atoms with van der Waals surface area (Å²) in [6, 6.07) is 5.46. The van der Waals surface area contributed by atoms with E-state index in [9.17, 15) is 0 Å². The third kappa shape index (κ3) is 2.65. The average molecular weight is 244 g/mol. The first-order chi connectivity index (χ1) is 8.56. The number of aromatic nitrogens is 3. The molecule has 2 heterocycles. The van der Waals surface area contributed by atoms with Crippen LogP contribution in [0.15, 0.2) is 30.6 Å². The molecule has 2 rings (SSSR count). The number of anilines is 1. The zero-order valence-corrected chi connectivity index (χ0v) is 10.5. The molecule has 0 unspecified atom stereocenters. The monoisotopic (exact) mass is 244 g/mol.